The topological polar surface area (TPSA) is 34.1 Å². The lowest BCUT2D eigenvalue weighted by molar-refractivity contribution is 0.509. The molecule has 0 aliphatic carbocycles. The van der Waals surface area contributed by atoms with Crippen molar-refractivity contribution in [2.75, 3.05) is 6.26 Å². The van der Waals surface area contributed by atoms with Crippen molar-refractivity contribution in [1.29, 1.82) is 0 Å². The monoisotopic (exact) mass is 426 g/mol. The van der Waals surface area contributed by atoms with Crippen LogP contribution in [0.25, 0.3) is 22.3 Å². The van der Waals surface area contributed by atoms with Gasteiger partial charge in [-0.2, -0.15) is 0 Å². The maximum absolute atomic E-state index is 13.9. The van der Waals surface area contributed by atoms with Crippen LogP contribution < -0.4 is 0 Å². The molecular formula is C20H14Cl2F2O2S. The summed E-state index contributed by atoms with van der Waals surface area (Å²) in [5.74, 6) is -2.01. The molecule has 7 heteroatoms. The Bertz CT molecular complexity index is 1120. The number of rotatable bonds is 3. The molecule has 0 saturated heterocycles. The van der Waals surface area contributed by atoms with Crippen molar-refractivity contribution < 1.29 is 17.2 Å². The highest BCUT2D eigenvalue weighted by Gasteiger charge is 2.16. The predicted octanol–water partition coefficient (Wildman–Crippen LogP) is 6.32. The molecule has 3 rings (SSSR count). The van der Waals surface area contributed by atoms with Gasteiger partial charge in [0.25, 0.3) is 0 Å². The Morgan fingerprint density at radius 2 is 1.22 bits per heavy atom. The van der Waals surface area contributed by atoms with Crippen molar-refractivity contribution >= 4 is 33.0 Å². The van der Waals surface area contributed by atoms with Crippen molar-refractivity contribution in [3.05, 3.63) is 75.8 Å². The van der Waals surface area contributed by atoms with Crippen LogP contribution in [0.15, 0.2) is 53.4 Å². The minimum Gasteiger partial charge on any atom is -0.224 e. The van der Waals surface area contributed by atoms with Gasteiger partial charge in [0.15, 0.2) is 21.5 Å². The minimum absolute atomic E-state index is 0.136. The van der Waals surface area contributed by atoms with E-state index in [1.54, 1.807) is 31.2 Å². The lowest BCUT2D eigenvalue weighted by Crippen LogP contribution is -1.97. The molecule has 27 heavy (non-hydrogen) atoms. The Morgan fingerprint density at radius 3 is 1.67 bits per heavy atom. The average molecular weight is 427 g/mol. The Balaban J connectivity index is 2.24. The first-order chi connectivity index (χ1) is 12.6. The van der Waals surface area contributed by atoms with Gasteiger partial charge in [0.2, 0.25) is 0 Å². The van der Waals surface area contributed by atoms with E-state index in [0.717, 1.165) is 18.4 Å². The Morgan fingerprint density at radius 1 is 0.778 bits per heavy atom. The molecule has 2 nitrogen and oxygen atoms in total. The van der Waals surface area contributed by atoms with E-state index in [0.29, 0.717) is 37.9 Å². The molecule has 3 aromatic carbocycles. The summed E-state index contributed by atoms with van der Waals surface area (Å²) in [6.07, 6.45) is 1.10. The normalized spacial score (nSPS) is 11.6. The molecule has 0 radical (unpaired) electrons. The molecule has 0 bridgehead atoms. The molecular weight excluding hydrogens is 413 g/mol. The van der Waals surface area contributed by atoms with Crippen molar-refractivity contribution in [3.8, 4) is 22.3 Å². The molecule has 0 unspecified atom stereocenters. The third-order valence-corrected chi connectivity index (χ3v) is 6.16. The van der Waals surface area contributed by atoms with Gasteiger partial charge < -0.3 is 0 Å². The van der Waals surface area contributed by atoms with Crippen molar-refractivity contribution in [2.45, 2.75) is 11.8 Å². The van der Waals surface area contributed by atoms with Crippen LogP contribution in [-0.2, 0) is 9.84 Å². The van der Waals surface area contributed by atoms with Crippen LogP contribution in [0.2, 0.25) is 10.0 Å². The third kappa shape index (κ3) is 4.00. The smallest absolute Gasteiger partial charge is 0.175 e. The van der Waals surface area contributed by atoms with Crippen LogP contribution >= 0.6 is 23.2 Å². The molecule has 0 atom stereocenters. The van der Waals surface area contributed by atoms with Gasteiger partial charge in [0.1, 0.15) is 0 Å². The molecule has 140 valence electrons. The Kier molecular flexibility index (Phi) is 5.30. The second-order valence-corrected chi connectivity index (χ2v) is 9.00. The van der Waals surface area contributed by atoms with Gasteiger partial charge >= 0.3 is 0 Å². The fraction of sp³-hybridized carbons (Fsp3) is 0.100. The maximum Gasteiger partial charge on any atom is 0.175 e. The van der Waals surface area contributed by atoms with E-state index in [9.17, 15) is 17.2 Å². The number of hydrogen-bond acceptors (Lipinski definition) is 2. The Labute approximate surface area is 166 Å². The zero-order chi connectivity index (χ0) is 19.9. The SMILES string of the molecule is Cc1c(Cl)cc(-c2cc(F)c(F)cc2-c2ccc(S(C)(=O)=O)cc2)cc1Cl. The molecule has 0 aromatic heterocycles. The highest BCUT2D eigenvalue weighted by atomic mass is 35.5. The number of benzene rings is 3. The quantitative estimate of drug-likeness (QED) is 0.491. The van der Waals surface area contributed by atoms with Crippen LogP contribution in [0.4, 0.5) is 8.78 Å². The van der Waals surface area contributed by atoms with Crippen LogP contribution in [0.3, 0.4) is 0 Å². The highest BCUT2D eigenvalue weighted by molar-refractivity contribution is 7.90. The van der Waals surface area contributed by atoms with Crippen LogP contribution in [0, 0.1) is 18.6 Å². The van der Waals surface area contributed by atoms with Crippen LogP contribution in [0.5, 0.6) is 0 Å². The summed E-state index contributed by atoms with van der Waals surface area (Å²) in [4.78, 5) is 0.136. The van der Waals surface area contributed by atoms with Crippen LogP contribution in [-0.4, -0.2) is 14.7 Å². The number of sulfone groups is 1. The zero-order valence-corrected chi connectivity index (χ0v) is 16.7. The summed E-state index contributed by atoms with van der Waals surface area (Å²) in [6, 6.07) is 11.3. The summed E-state index contributed by atoms with van der Waals surface area (Å²) in [5.41, 5.74) is 2.53. The minimum atomic E-state index is -3.36. The van der Waals surface area contributed by atoms with Crippen molar-refractivity contribution in [3.63, 3.8) is 0 Å². The molecule has 0 spiro atoms. The van der Waals surface area contributed by atoms with E-state index in [1.807, 2.05) is 0 Å². The predicted molar refractivity (Wildman–Crippen MR) is 105 cm³/mol. The zero-order valence-electron chi connectivity index (χ0n) is 14.4. The summed E-state index contributed by atoms with van der Waals surface area (Å²) in [6.45, 7) is 1.75. The van der Waals surface area contributed by atoms with Gasteiger partial charge in [0.05, 0.1) is 4.90 Å². The second kappa shape index (κ2) is 7.23. The van der Waals surface area contributed by atoms with Crippen molar-refractivity contribution in [1.82, 2.24) is 0 Å². The van der Waals surface area contributed by atoms with Gasteiger partial charge in [0, 0.05) is 16.3 Å². The molecule has 3 aromatic rings. The lowest BCUT2D eigenvalue weighted by Gasteiger charge is -2.13. The summed E-state index contributed by atoms with van der Waals surface area (Å²) >= 11 is 12.4. The fourth-order valence-electron chi connectivity index (χ4n) is 2.71. The second-order valence-electron chi connectivity index (χ2n) is 6.17. The van der Waals surface area contributed by atoms with Crippen LogP contribution in [0.1, 0.15) is 5.56 Å². The van der Waals surface area contributed by atoms with Crippen molar-refractivity contribution in [2.24, 2.45) is 0 Å². The molecule has 0 fully saturated rings. The van der Waals surface area contributed by atoms with E-state index >= 15 is 0 Å². The highest BCUT2D eigenvalue weighted by Crippen LogP contribution is 2.38. The summed E-state index contributed by atoms with van der Waals surface area (Å²) in [5, 5.41) is 0.807. The number of halogens is 4. The maximum atomic E-state index is 13.9. The fourth-order valence-corrected chi connectivity index (χ4v) is 3.82. The molecule has 0 N–H and O–H groups in total. The standard InChI is InChI=1S/C20H14Cl2F2O2S/c1-11-17(21)7-13(8-18(11)22)16-10-20(24)19(23)9-15(16)12-3-5-14(6-4-12)27(2,25)26/h3-10H,1-2H3. The van der Waals surface area contributed by atoms with Gasteiger partial charge in [-0.25, -0.2) is 17.2 Å². The van der Waals surface area contributed by atoms with Gasteiger partial charge in [-0.1, -0.05) is 35.3 Å². The molecule has 0 heterocycles. The summed E-state index contributed by atoms with van der Waals surface area (Å²) < 4.78 is 51.1. The van der Waals surface area contributed by atoms with E-state index in [4.69, 9.17) is 23.2 Å². The van der Waals surface area contributed by atoms with E-state index < -0.39 is 21.5 Å². The Hall–Kier alpha value is -1.95. The largest absolute Gasteiger partial charge is 0.224 e. The van der Waals surface area contributed by atoms with E-state index in [1.165, 1.54) is 12.1 Å². The molecule has 0 amide bonds. The third-order valence-electron chi connectivity index (χ3n) is 4.25. The first-order valence-electron chi connectivity index (χ1n) is 7.83. The van der Waals surface area contributed by atoms with Gasteiger partial charge in [-0.05, 0) is 71.1 Å². The summed E-state index contributed by atoms with van der Waals surface area (Å²) in [7, 11) is -3.36. The van der Waals surface area contributed by atoms with E-state index in [-0.39, 0.29) is 4.90 Å². The van der Waals surface area contributed by atoms with Gasteiger partial charge in [-0.15, -0.1) is 0 Å². The van der Waals surface area contributed by atoms with Gasteiger partial charge in [-0.3, -0.25) is 0 Å². The lowest BCUT2D eigenvalue weighted by atomic mass is 9.93. The van der Waals surface area contributed by atoms with E-state index in [2.05, 4.69) is 0 Å². The molecule has 0 saturated carbocycles. The molecule has 0 aliphatic heterocycles. The molecule has 0 aliphatic rings. The first kappa shape index (κ1) is 19.8. The average Bonchev–Trinajstić information content (AvgIpc) is 2.60. The first-order valence-corrected chi connectivity index (χ1v) is 10.5. The number of hydrogen-bond donors (Lipinski definition) is 0.